The molecule has 8 nitrogen and oxygen atoms in total. The van der Waals surface area contributed by atoms with Crippen LogP contribution in [0.1, 0.15) is 28.8 Å². The van der Waals surface area contributed by atoms with Crippen molar-refractivity contribution in [3.63, 3.8) is 0 Å². The number of pyridine rings is 1. The van der Waals surface area contributed by atoms with Gasteiger partial charge in [0.05, 0.1) is 11.3 Å². The van der Waals surface area contributed by atoms with Crippen LogP contribution in [0.25, 0.3) is 5.82 Å². The fourth-order valence-electron chi connectivity index (χ4n) is 3.56. The number of hydrogen-bond donors (Lipinski definition) is 1. The number of anilines is 1. The molecule has 0 spiro atoms. The van der Waals surface area contributed by atoms with Crippen LogP contribution in [0.5, 0.6) is 0 Å². The Balaban J connectivity index is 1.36. The zero-order valence-corrected chi connectivity index (χ0v) is 16.8. The van der Waals surface area contributed by atoms with E-state index in [-0.39, 0.29) is 23.3 Å². The van der Waals surface area contributed by atoms with Gasteiger partial charge in [-0.25, -0.2) is 14.6 Å². The van der Waals surface area contributed by atoms with Crippen molar-refractivity contribution in [1.82, 2.24) is 24.6 Å². The molecular weight excluding hydrogens is 425 g/mol. The normalized spacial score (nSPS) is 14.9. The first kappa shape index (κ1) is 21.5. The lowest BCUT2D eigenvalue weighted by molar-refractivity contribution is -0.137. The third kappa shape index (κ3) is 4.61. The standard InChI is InChI=1S/C21H19F3N6O2/c22-21(23,24)16-5-3-15(4-6-16)20(32)29-10-7-14(8-11-29)19(31)28-17-2-1-9-26-18(17)30-13-25-12-27-30/h1-6,9,12-14H,7-8,10-11H2,(H,28,31). The Hall–Kier alpha value is -3.76. The molecule has 1 aromatic carbocycles. The van der Waals surface area contributed by atoms with Crippen LogP contribution in [0.2, 0.25) is 0 Å². The lowest BCUT2D eigenvalue weighted by Gasteiger charge is -2.31. The number of likely N-dealkylation sites (tertiary alicyclic amines) is 1. The van der Waals surface area contributed by atoms with Gasteiger partial charge in [-0.2, -0.15) is 18.3 Å². The van der Waals surface area contributed by atoms with Gasteiger partial charge in [0, 0.05) is 30.8 Å². The smallest absolute Gasteiger partial charge is 0.339 e. The number of amides is 2. The largest absolute Gasteiger partial charge is 0.416 e. The van der Waals surface area contributed by atoms with E-state index in [4.69, 9.17) is 0 Å². The number of piperidine rings is 1. The van der Waals surface area contributed by atoms with E-state index in [2.05, 4.69) is 20.4 Å². The molecular formula is C21H19F3N6O2. The molecule has 0 aliphatic carbocycles. The average Bonchev–Trinajstić information content (AvgIpc) is 3.33. The summed E-state index contributed by atoms with van der Waals surface area (Å²) in [6.45, 7) is 0.668. The molecule has 0 atom stereocenters. The van der Waals surface area contributed by atoms with Gasteiger partial charge in [0.2, 0.25) is 5.91 Å². The fourth-order valence-corrected chi connectivity index (χ4v) is 3.56. The van der Waals surface area contributed by atoms with Gasteiger partial charge in [-0.3, -0.25) is 9.59 Å². The molecule has 0 unspecified atom stereocenters. The van der Waals surface area contributed by atoms with E-state index in [9.17, 15) is 22.8 Å². The minimum absolute atomic E-state index is 0.189. The summed E-state index contributed by atoms with van der Waals surface area (Å²) in [6.07, 6.45) is 0.856. The van der Waals surface area contributed by atoms with Gasteiger partial charge in [0.1, 0.15) is 12.7 Å². The van der Waals surface area contributed by atoms with Gasteiger partial charge >= 0.3 is 6.18 Å². The van der Waals surface area contributed by atoms with Gasteiger partial charge < -0.3 is 10.2 Å². The SMILES string of the molecule is O=C(Nc1cccnc1-n1cncn1)C1CCN(C(=O)c2ccc(C(F)(F)F)cc2)CC1. The Kier molecular flexibility index (Phi) is 5.89. The van der Waals surface area contributed by atoms with Crippen LogP contribution in [0.4, 0.5) is 18.9 Å². The topological polar surface area (TPSA) is 93.0 Å². The first-order valence-electron chi connectivity index (χ1n) is 9.90. The Bertz CT molecular complexity index is 1090. The van der Waals surface area contributed by atoms with Crippen LogP contribution in [0, 0.1) is 5.92 Å². The molecule has 1 fully saturated rings. The first-order valence-corrected chi connectivity index (χ1v) is 9.90. The maximum absolute atomic E-state index is 12.8. The third-order valence-electron chi connectivity index (χ3n) is 5.29. The summed E-state index contributed by atoms with van der Waals surface area (Å²) in [4.78, 5) is 35.1. The third-order valence-corrected chi connectivity index (χ3v) is 5.29. The minimum atomic E-state index is -4.45. The Morgan fingerprint density at radius 2 is 1.78 bits per heavy atom. The number of hydrogen-bond acceptors (Lipinski definition) is 5. The number of nitrogens with one attached hydrogen (secondary N) is 1. The molecule has 4 rings (SSSR count). The van der Waals surface area contributed by atoms with Crippen molar-refractivity contribution in [2.45, 2.75) is 19.0 Å². The van der Waals surface area contributed by atoms with Crippen molar-refractivity contribution >= 4 is 17.5 Å². The van der Waals surface area contributed by atoms with Crippen molar-refractivity contribution < 1.29 is 22.8 Å². The van der Waals surface area contributed by atoms with Gasteiger partial charge in [-0.05, 0) is 49.2 Å². The van der Waals surface area contributed by atoms with Crippen molar-refractivity contribution in [1.29, 1.82) is 0 Å². The molecule has 1 N–H and O–H groups in total. The lowest BCUT2D eigenvalue weighted by atomic mass is 9.95. The van der Waals surface area contributed by atoms with Crippen LogP contribution in [0.3, 0.4) is 0 Å². The summed E-state index contributed by atoms with van der Waals surface area (Å²) in [5.41, 5.74) is -0.120. The molecule has 2 aromatic heterocycles. The summed E-state index contributed by atoms with van der Waals surface area (Å²) >= 11 is 0. The number of rotatable bonds is 4. The van der Waals surface area contributed by atoms with E-state index in [0.29, 0.717) is 37.4 Å². The second-order valence-corrected chi connectivity index (χ2v) is 7.35. The van der Waals surface area contributed by atoms with Crippen LogP contribution in [-0.4, -0.2) is 49.6 Å². The fraction of sp³-hybridized carbons (Fsp3) is 0.286. The highest BCUT2D eigenvalue weighted by molar-refractivity contribution is 5.96. The molecule has 3 aromatic rings. The van der Waals surface area contributed by atoms with E-state index < -0.39 is 11.7 Å². The van der Waals surface area contributed by atoms with Crippen LogP contribution in [-0.2, 0) is 11.0 Å². The Labute approximate surface area is 181 Å². The van der Waals surface area contributed by atoms with Crippen molar-refractivity contribution in [3.05, 3.63) is 66.4 Å². The summed E-state index contributed by atoms with van der Waals surface area (Å²) in [5, 5.41) is 6.89. The maximum atomic E-state index is 12.8. The maximum Gasteiger partial charge on any atom is 0.416 e. The number of nitrogens with zero attached hydrogens (tertiary/aromatic N) is 5. The van der Waals surface area contributed by atoms with Crippen LogP contribution in [0.15, 0.2) is 55.2 Å². The molecule has 2 amide bonds. The molecule has 3 heterocycles. The monoisotopic (exact) mass is 444 g/mol. The van der Waals surface area contributed by atoms with Gasteiger partial charge in [0.15, 0.2) is 5.82 Å². The predicted molar refractivity (Wildman–Crippen MR) is 108 cm³/mol. The second kappa shape index (κ2) is 8.77. The average molecular weight is 444 g/mol. The molecule has 0 bridgehead atoms. The molecule has 32 heavy (non-hydrogen) atoms. The summed E-state index contributed by atoms with van der Waals surface area (Å²) in [6, 6.07) is 7.56. The van der Waals surface area contributed by atoms with Crippen LogP contribution < -0.4 is 5.32 Å². The Morgan fingerprint density at radius 3 is 2.41 bits per heavy atom. The number of benzene rings is 1. The summed E-state index contributed by atoms with van der Waals surface area (Å²) in [7, 11) is 0. The zero-order valence-electron chi connectivity index (χ0n) is 16.8. The van der Waals surface area contributed by atoms with E-state index >= 15 is 0 Å². The van der Waals surface area contributed by atoms with Gasteiger partial charge in [-0.1, -0.05) is 0 Å². The van der Waals surface area contributed by atoms with Crippen LogP contribution >= 0.6 is 0 Å². The number of aromatic nitrogens is 4. The first-order chi connectivity index (χ1) is 15.3. The number of carbonyl (C=O) groups is 2. The van der Waals surface area contributed by atoms with E-state index in [1.807, 2.05) is 0 Å². The highest BCUT2D eigenvalue weighted by Crippen LogP contribution is 2.29. The summed E-state index contributed by atoms with van der Waals surface area (Å²) < 4.78 is 39.6. The lowest BCUT2D eigenvalue weighted by Crippen LogP contribution is -2.41. The molecule has 0 saturated carbocycles. The molecule has 1 aliphatic rings. The quantitative estimate of drug-likeness (QED) is 0.667. The van der Waals surface area contributed by atoms with Crippen molar-refractivity contribution in [2.24, 2.45) is 5.92 Å². The number of alkyl halides is 3. The molecule has 166 valence electrons. The molecule has 0 radical (unpaired) electrons. The molecule has 1 saturated heterocycles. The van der Waals surface area contributed by atoms with Crippen molar-refractivity contribution in [2.75, 3.05) is 18.4 Å². The molecule has 11 heteroatoms. The highest BCUT2D eigenvalue weighted by atomic mass is 19.4. The van der Waals surface area contributed by atoms with Gasteiger partial charge in [-0.15, -0.1) is 0 Å². The summed E-state index contributed by atoms with van der Waals surface area (Å²) in [5.74, 6) is -0.414. The number of halogens is 3. The van der Waals surface area contributed by atoms with E-state index in [1.165, 1.54) is 29.5 Å². The second-order valence-electron chi connectivity index (χ2n) is 7.35. The van der Waals surface area contributed by atoms with E-state index in [1.54, 1.807) is 23.2 Å². The number of carbonyl (C=O) groups excluding carboxylic acids is 2. The predicted octanol–water partition coefficient (Wildman–Crippen LogP) is 3.17. The molecule has 1 aliphatic heterocycles. The van der Waals surface area contributed by atoms with Gasteiger partial charge in [0.25, 0.3) is 5.91 Å². The van der Waals surface area contributed by atoms with Crippen molar-refractivity contribution in [3.8, 4) is 5.82 Å². The Morgan fingerprint density at radius 1 is 1.06 bits per heavy atom. The zero-order chi connectivity index (χ0) is 22.7. The highest BCUT2D eigenvalue weighted by Gasteiger charge is 2.31. The van der Waals surface area contributed by atoms with E-state index in [0.717, 1.165) is 12.1 Å². The minimum Gasteiger partial charge on any atom is -0.339 e.